The van der Waals surface area contributed by atoms with Crippen LogP contribution in [-0.2, 0) is 6.42 Å². The fourth-order valence-corrected chi connectivity index (χ4v) is 2.82. The van der Waals surface area contributed by atoms with E-state index >= 15 is 0 Å². The number of nitrogens with zero attached hydrogens (tertiary/aromatic N) is 2. The summed E-state index contributed by atoms with van der Waals surface area (Å²) in [5, 5.41) is 14.7. The number of nitrogens with one attached hydrogen (secondary N) is 1. The predicted molar refractivity (Wildman–Crippen MR) is 77.6 cm³/mol. The van der Waals surface area contributed by atoms with Crippen LogP contribution < -0.4 is 5.32 Å². The number of likely N-dealkylation sites (N-methyl/N-ethyl adjacent to an activating group) is 1. The van der Waals surface area contributed by atoms with Crippen molar-refractivity contribution < 1.29 is 9.31 Å². The Bertz CT molecular complexity index is 701. The molecule has 1 aliphatic rings. The van der Waals surface area contributed by atoms with Gasteiger partial charge in [-0.25, -0.2) is 4.39 Å². The fourth-order valence-electron chi connectivity index (χ4n) is 2.82. The van der Waals surface area contributed by atoms with Gasteiger partial charge in [-0.15, -0.1) is 0 Å². The van der Waals surface area contributed by atoms with Gasteiger partial charge in [0.1, 0.15) is 5.82 Å². The van der Waals surface area contributed by atoms with Crippen LogP contribution in [-0.4, -0.2) is 23.0 Å². The maximum absolute atomic E-state index is 14.3. The largest absolute Gasteiger partial charge is 0.316 e. The summed E-state index contributed by atoms with van der Waals surface area (Å²) in [4.78, 5) is 14.7. The van der Waals surface area contributed by atoms with E-state index < -0.39 is 10.7 Å². The molecule has 1 heterocycles. The normalized spacial score (nSPS) is 16.1. The molecule has 1 aliphatic carbocycles. The van der Waals surface area contributed by atoms with Gasteiger partial charge in [-0.2, -0.15) is 0 Å². The van der Waals surface area contributed by atoms with Crippen LogP contribution >= 0.6 is 0 Å². The Labute approximate surface area is 121 Å². The molecule has 1 aromatic heterocycles. The summed E-state index contributed by atoms with van der Waals surface area (Å²) in [6.07, 6.45) is 4.33. The minimum absolute atomic E-state index is 0.186. The van der Waals surface area contributed by atoms with Crippen molar-refractivity contribution in [1.82, 2.24) is 10.3 Å². The molecular formula is C15H16FN3O2. The predicted octanol–water partition coefficient (Wildman–Crippen LogP) is 2.82. The molecule has 0 bridgehead atoms. The van der Waals surface area contributed by atoms with Gasteiger partial charge >= 0.3 is 0 Å². The lowest BCUT2D eigenvalue weighted by Crippen LogP contribution is -2.30. The van der Waals surface area contributed by atoms with E-state index in [1.807, 2.05) is 7.05 Å². The topological polar surface area (TPSA) is 68.1 Å². The number of aromatic nitrogens is 1. The van der Waals surface area contributed by atoms with Gasteiger partial charge in [0, 0.05) is 17.8 Å². The maximum atomic E-state index is 14.3. The molecule has 1 unspecified atom stereocenters. The minimum atomic E-state index is -0.562. The van der Waals surface area contributed by atoms with Gasteiger partial charge in [-0.3, -0.25) is 15.1 Å². The molecule has 1 aromatic carbocycles. The Balaban J connectivity index is 2.11. The van der Waals surface area contributed by atoms with Crippen LogP contribution in [0.4, 0.5) is 10.1 Å². The summed E-state index contributed by atoms with van der Waals surface area (Å²) in [6, 6.07) is 4.45. The average molecular weight is 289 g/mol. The van der Waals surface area contributed by atoms with E-state index in [0.29, 0.717) is 28.8 Å². The zero-order valence-corrected chi connectivity index (χ0v) is 11.7. The second-order valence-corrected chi connectivity index (χ2v) is 5.45. The van der Waals surface area contributed by atoms with E-state index in [9.17, 15) is 14.5 Å². The van der Waals surface area contributed by atoms with E-state index in [-0.39, 0.29) is 11.7 Å². The molecule has 110 valence electrons. The number of halogens is 1. The number of fused-ring (bicyclic) bond motifs is 1. The average Bonchev–Trinajstić information content (AvgIpc) is 3.30. The number of pyridine rings is 1. The van der Waals surface area contributed by atoms with Gasteiger partial charge in [0.2, 0.25) is 0 Å². The monoisotopic (exact) mass is 289 g/mol. The number of hydrogen-bond acceptors (Lipinski definition) is 4. The van der Waals surface area contributed by atoms with Crippen LogP contribution in [0.5, 0.6) is 0 Å². The Kier molecular flexibility index (Phi) is 3.55. The fraction of sp³-hybridized carbons (Fsp3) is 0.400. The van der Waals surface area contributed by atoms with Crippen LogP contribution in [0.2, 0.25) is 0 Å². The van der Waals surface area contributed by atoms with Gasteiger partial charge in [0.05, 0.1) is 21.9 Å². The van der Waals surface area contributed by atoms with Crippen molar-refractivity contribution in [2.75, 3.05) is 7.05 Å². The molecular weight excluding hydrogens is 273 g/mol. The van der Waals surface area contributed by atoms with Crippen LogP contribution in [0.3, 0.4) is 0 Å². The van der Waals surface area contributed by atoms with Crippen LogP contribution in [0.1, 0.15) is 18.4 Å². The molecule has 1 saturated carbocycles. The molecule has 1 atom stereocenters. The lowest BCUT2D eigenvalue weighted by molar-refractivity contribution is -0.383. The third kappa shape index (κ3) is 2.58. The van der Waals surface area contributed by atoms with E-state index in [1.54, 1.807) is 18.3 Å². The Morgan fingerprint density at radius 1 is 1.57 bits per heavy atom. The van der Waals surface area contributed by atoms with Crippen LogP contribution in [0.25, 0.3) is 10.9 Å². The first-order valence-corrected chi connectivity index (χ1v) is 6.99. The van der Waals surface area contributed by atoms with Gasteiger partial charge in [-0.05, 0) is 44.4 Å². The highest BCUT2D eigenvalue weighted by molar-refractivity contribution is 5.90. The van der Waals surface area contributed by atoms with Gasteiger partial charge in [-0.1, -0.05) is 0 Å². The molecule has 0 spiro atoms. The molecule has 6 heteroatoms. The zero-order valence-electron chi connectivity index (χ0n) is 11.7. The van der Waals surface area contributed by atoms with Gasteiger partial charge in [0.25, 0.3) is 5.69 Å². The van der Waals surface area contributed by atoms with Crippen molar-refractivity contribution >= 4 is 16.6 Å². The highest BCUT2D eigenvalue weighted by Crippen LogP contribution is 2.36. The number of nitro groups is 1. The van der Waals surface area contributed by atoms with Crippen molar-refractivity contribution in [1.29, 1.82) is 0 Å². The standard InChI is InChI=1S/C15H16FN3O2/c1-17-13(9-4-5-9)7-11-12(16)8-14(19(20)21)10-3-2-6-18-15(10)11/h2-3,6,8-9,13,17H,4-5,7H2,1H3. The Morgan fingerprint density at radius 3 is 2.95 bits per heavy atom. The molecule has 1 fully saturated rings. The second kappa shape index (κ2) is 5.37. The summed E-state index contributed by atoms with van der Waals surface area (Å²) in [5.74, 6) is 0.0113. The van der Waals surface area contributed by atoms with Gasteiger partial charge in [0.15, 0.2) is 0 Å². The second-order valence-electron chi connectivity index (χ2n) is 5.45. The van der Waals surface area contributed by atoms with E-state index in [0.717, 1.165) is 18.9 Å². The van der Waals surface area contributed by atoms with E-state index in [4.69, 9.17) is 0 Å². The zero-order chi connectivity index (χ0) is 15.0. The summed E-state index contributed by atoms with van der Waals surface area (Å²) in [7, 11) is 1.86. The summed E-state index contributed by atoms with van der Waals surface area (Å²) in [5.41, 5.74) is 0.624. The molecule has 0 saturated heterocycles. The number of rotatable bonds is 5. The van der Waals surface area contributed by atoms with Crippen molar-refractivity contribution in [2.24, 2.45) is 5.92 Å². The molecule has 0 amide bonds. The lowest BCUT2D eigenvalue weighted by atomic mass is 9.98. The SMILES string of the molecule is CNC(Cc1c(F)cc([N+](=O)[O-])c2cccnc12)C1CC1. The molecule has 0 aliphatic heterocycles. The number of benzene rings is 1. The molecule has 21 heavy (non-hydrogen) atoms. The van der Waals surface area contributed by atoms with Crippen molar-refractivity contribution in [2.45, 2.75) is 25.3 Å². The van der Waals surface area contributed by atoms with Crippen molar-refractivity contribution in [3.63, 3.8) is 0 Å². The summed E-state index contributed by atoms with van der Waals surface area (Å²) in [6.45, 7) is 0. The molecule has 1 N–H and O–H groups in total. The summed E-state index contributed by atoms with van der Waals surface area (Å²) >= 11 is 0. The van der Waals surface area contributed by atoms with Crippen LogP contribution in [0.15, 0.2) is 24.4 Å². The quantitative estimate of drug-likeness (QED) is 0.679. The molecule has 0 radical (unpaired) electrons. The maximum Gasteiger partial charge on any atom is 0.281 e. The lowest BCUT2D eigenvalue weighted by Gasteiger charge is -2.17. The Hall–Kier alpha value is -2.08. The highest BCUT2D eigenvalue weighted by atomic mass is 19.1. The summed E-state index contributed by atoms with van der Waals surface area (Å²) < 4.78 is 14.3. The number of non-ortho nitro benzene ring substituents is 1. The van der Waals surface area contributed by atoms with Crippen molar-refractivity contribution in [3.8, 4) is 0 Å². The first-order valence-electron chi connectivity index (χ1n) is 6.99. The number of hydrogen-bond donors (Lipinski definition) is 1. The van der Waals surface area contributed by atoms with E-state index in [2.05, 4.69) is 10.3 Å². The smallest absolute Gasteiger partial charge is 0.281 e. The highest BCUT2D eigenvalue weighted by Gasteiger charge is 2.32. The molecule has 5 nitrogen and oxygen atoms in total. The Morgan fingerprint density at radius 2 is 2.33 bits per heavy atom. The first kappa shape index (κ1) is 13.9. The van der Waals surface area contributed by atoms with Crippen LogP contribution in [0, 0.1) is 21.8 Å². The minimum Gasteiger partial charge on any atom is -0.316 e. The third-order valence-corrected chi connectivity index (χ3v) is 4.10. The molecule has 2 aromatic rings. The first-order chi connectivity index (χ1) is 10.1. The van der Waals surface area contributed by atoms with E-state index in [1.165, 1.54) is 0 Å². The van der Waals surface area contributed by atoms with Crippen molar-refractivity contribution in [3.05, 3.63) is 45.9 Å². The molecule has 3 rings (SSSR count). The third-order valence-electron chi connectivity index (χ3n) is 4.10. The van der Waals surface area contributed by atoms with Gasteiger partial charge < -0.3 is 5.32 Å². The number of nitro benzene ring substituents is 1.